The molecule has 7 nitrogen and oxygen atoms in total. The average Bonchev–Trinajstić information content (AvgIpc) is 3.08. The topological polar surface area (TPSA) is 71.8 Å². The van der Waals surface area contributed by atoms with Gasteiger partial charge in [-0.05, 0) is 32.6 Å². The van der Waals surface area contributed by atoms with Crippen molar-refractivity contribution in [2.45, 2.75) is 19.4 Å². The third kappa shape index (κ3) is 4.23. The van der Waals surface area contributed by atoms with E-state index in [-0.39, 0.29) is 6.04 Å². The Morgan fingerprint density at radius 2 is 2.08 bits per heavy atom. The zero-order valence-electron chi connectivity index (χ0n) is 15.7. The Bertz CT molecular complexity index is 842. The zero-order valence-corrected chi connectivity index (χ0v) is 15.7. The molecule has 0 saturated carbocycles. The third-order valence-corrected chi connectivity index (χ3v) is 4.24. The summed E-state index contributed by atoms with van der Waals surface area (Å²) in [5.74, 6) is 1.46. The monoisotopic (exact) mass is 351 g/mol. The highest BCUT2D eigenvalue weighted by atomic mass is 15.2. The first-order valence-corrected chi connectivity index (χ1v) is 8.75. The van der Waals surface area contributed by atoms with E-state index in [9.17, 15) is 0 Å². The van der Waals surface area contributed by atoms with Gasteiger partial charge in [0.15, 0.2) is 5.82 Å². The molecule has 0 amide bonds. The molecule has 3 heterocycles. The lowest BCUT2D eigenvalue weighted by atomic mass is 10.1. The Balaban J connectivity index is 1.82. The fourth-order valence-electron chi connectivity index (χ4n) is 2.79. The predicted octanol–water partition coefficient (Wildman–Crippen LogP) is 2.55. The molecular weight excluding hydrogens is 326 g/mol. The largest absolute Gasteiger partial charge is 0.368 e. The van der Waals surface area contributed by atoms with E-state index in [0.717, 1.165) is 30.2 Å². The molecule has 0 saturated heterocycles. The maximum Gasteiger partial charge on any atom is 0.180 e. The van der Waals surface area contributed by atoms with Gasteiger partial charge in [-0.3, -0.25) is 9.67 Å². The third-order valence-electron chi connectivity index (χ3n) is 4.24. The molecular formula is C19H25N7. The van der Waals surface area contributed by atoms with Crippen LogP contribution >= 0.6 is 0 Å². The summed E-state index contributed by atoms with van der Waals surface area (Å²) in [6.45, 7) is 2.81. The number of aromatic nitrogens is 5. The molecule has 0 aliphatic rings. The van der Waals surface area contributed by atoms with Gasteiger partial charge in [0.1, 0.15) is 11.5 Å². The molecule has 1 N–H and O–H groups in total. The van der Waals surface area contributed by atoms with E-state index >= 15 is 0 Å². The van der Waals surface area contributed by atoms with E-state index in [1.165, 1.54) is 5.56 Å². The maximum atomic E-state index is 4.66. The number of anilines is 1. The first kappa shape index (κ1) is 18.0. The summed E-state index contributed by atoms with van der Waals surface area (Å²) < 4.78 is 1.82. The van der Waals surface area contributed by atoms with E-state index in [1.54, 1.807) is 6.20 Å². The number of rotatable bonds is 7. The first-order chi connectivity index (χ1) is 12.6. The van der Waals surface area contributed by atoms with Crippen LogP contribution in [0.2, 0.25) is 0 Å². The molecule has 7 heteroatoms. The van der Waals surface area contributed by atoms with E-state index in [0.29, 0.717) is 5.82 Å². The van der Waals surface area contributed by atoms with E-state index in [2.05, 4.69) is 51.3 Å². The van der Waals surface area contributed by atoms with Crippen LogP contribution in [0.15, 0.2) is 42.9 Å². The fourth-order valence-corrected chi connectivity index (χ4v) is 2.79. The summed E-state index contributed by atoms with van der Waals surface area (Å²) in [6.07, 6.45) is 6.55. The van der Waals surface area contributed by atoms with Crippen LogP contribution in [0, 0.1) is 0 Å². The molecule has 0 bridgehead atoms. The van der Waals surface area contributed by atoms with Gasteiger partial charge < -0.3 is 10.2 Å². The minimum Gasteiger partial charge on any atom is -0.368 e. The van der Waals surface area contributed by atoms with Crippen molar-refractivity contribution in [1.29, 1.82) is 0 Å². The Morgan fingerprint density at radius 1 is 1.23 bits per heavy atom. The van der Waals surface area contributed by atoms with Crippen molar-refractivity contribution in [3.05, 3.63) is 54.1 Å². The normalized spacial score (nSPS) is 12.3. The van der Waals surface area contributed by atoms with Crippen LogP contribution in [0.1, 0.15) is 24.2 Å². The summed E-state index contributed by atoms with van der Waals surface area (Å²) >= 11 is 0. The molecule has 0 spiro atoms. The lowest BCUT2D eigenvalue weighted by Gasteiger charge is -2.24. The van der Waals surface area contributed by atoms with Crippen molar-refractivity contribution in [2.24, 2.45) is 7.05 Å². The maximum absolute atomic E-state index is 4.66. The number of nitrogens with zero attached hydrogens (tertiary/aromatic N) is 6. The van der Waals surface area contributed by atoms with Crippen molar-refractivity contribution >= 4 is 5.82 Å². The van der Waals surface area contributed by atoms with E-state index in [4.69, 9.17) is 0 Å². The van der Waals surface area contributed by atoms with Crippen LogP contribution in [0.25, 0.3) is 11.5 Å². The summed E-state index contributed by atoms with van der Waals surface area (Å²) in [7, 11) is 6.06. The van der Waals surface area contributed by atoms with E-state index < -0.39 is 0 Å². The van der Waals surface area contributed by atoms with Gasteiger partial charge in [0.25, 0.3) is 0 Å². The first-order valence-electron chi connectivity index (χ1n) is 8.75. The molecule has 0 radical (unpaired) electrons. The van der Waals surface area contributed by atoms with Gasteiger partial charge in [0.2, 0.25) is 0 Å². The summed E-state index contributed by atoms with van der Waals surface area (Å²) in [5, 5.41) is 7.75. The van der Waals surface area contributed by atoms with Crippen molar-refractivity contribution in [3.8, 4) is 11.5 Å². The number of nitrogens with one attached hydrogen (secondary N) is 1. The van der Waals surface area contributed by atoms with Crippen molar-refractivity contribution in [1.82, 2.24) is 29.6 Å². The predicted molar refractivity (Wildman–Crippen MR) is 103 cm³/mol. The minimum atomic E-state index is 0.196. The number of likely N-dealkylation sites (N-methyl/N-ethyl adjacent to an activating group) is 1. The molecule has 26 heavy (non-hydrogen) atoms. The van der Waals surface area contributed by atoms with Gasteiger partial charge in [-0.1, -0.05) is 13.0 Å². The van der Waals surface area contributed by atoms with Crippen LogP contribution in [0.5, 0.6) is 0 Å². The average molecular weight is 351 g/mol. The molecule has 136 valence electrons. The zero-order chi connectivity index (χ0) is 18.5. The van der Waals surface area contributed by atoms with Crippen LogP contribution in [-0.4, -0.2) is 50.3 Å². The molecule has 3 aromatic heterocycles. The molecule has 3 aromatic rings. The SMILES string of the molecule is CCc1cc(NCC(c2cnn(C)c2)N(C)C)nc(-c2ccccn2)n1. The standard InChI is InChI=1S/C19H25N7/c1-5-15-10-18(24-19(23-15)16-8-6-7-9-20-16)21-12-17(25(2)3)14-11-22-26(4)13-14/h6-11,13,17H,5,12H2,1-4H3,(H,21,23,24). The summed E-state index contributed by atoms with van der Waals surface area (Å²) in [5.41, 5.74) is 2.94. The molecule has 1 atom stereocenters. The van der Waals surface area contributed by atoms with Gasteiger partial charge in [-0.2, -0.15) is 5.10 Å². The quantitative estimate of drug-likeness (QED) is 0.705. The lowest BCUT2D eigenvalue weighted by molar-refractivity contribution is 0.311. The second-order valence-electron chi connectivity index (χ2n) is 6.44. The van der Waals surface area contributed by atoms with Gasteiger partial charge >= 0.3 is 0 Å². The molecule has 0 aromatic carbocycles. The van der Waals surface area contributed by atoms with Gasteiger partial charge in [0, 0.05) is 43.3 Å². The molecule has 1 unspecified atom stereocenters. The Hall–Kier alpha value is -2.80. The Labute approximate surface area is 154 Å². The minimum absolute atomic E-state index is 0.196. The molecule has 0 aliphatic heterocycles. The van der Waals surface area contributed by atoms with Crippen LogP contribution in [0.4, 0.5) is 5.82 Å². The van der Waals surface area contributed by atoms with E-state index in [1.807, 2.05) is 48.4 Å². The van der Waals surface area contributed by atoms with Gasteiger partial charge in [-0.25, -0.2) is 9.97 Å². The van der Waals surface area contributed by atoms with Gasteiger partial charge in [0.05, 0.1) is 12.2 Å². The molecule has 3 rings (SSSR count). The van der Waals surface area contributed by atoms with Gasteiger partial charge in [-0.15, -0.1) is 0 Å². The summed E-state index contributed by atoms with van der Waals surface area (Å²) in [6, 6.07) is 7.96. The van der Waals surface area contributed by atoms with Crippen LogP contribution < -0.4 is 5.32 Å². The van der Waals surface area contributed by atoms with Crippen LogP contribution in [-0.2, 0) is 13.5 Å². The second kappa shape index (κ2) is 8.05. The molecule has 0 aliphatic carbocycles. The van der Waals surface area contributed by atoms with Crippen LogP contribution in [0.3, 0.4) is 0 Å². The van der Waals surface area contributed by atoms with Crippen molar-refractivity contribution < 1.29 is 0 Å². The lowest BCUT2D eigenvalue weighted by Crippen LogP contribution is -2.27. The summed E-state index contributed by atoms with van der Waals surface area (Å²) in [4.78, 5) is 15.8. The smallest absolute Gasteiger partial charge is 0.180 e. The number of pyridine rings is 1. The fraction of sp³-hybridized carbons (Fsp3) is 0.368. The highest BCUT2D eigenvalue weighted by Gasteiger charge is 2.16. The highest BCUT2D eigenvalue weighted by Crippen LogP contribution is 2.20. The highest BCUT2D eigenvalue weighted by molar-refractivity contribution is 5.53. The molecule has 0 fully saturated rings. The van der Waals surface area contributed by atoms with Crippen molar-refractivity contribution in [3.63, 3.8) is 0 Å². The number of hydrogen-bond donors (Lipinski definition) is 1. The number of aryl methyl sites for hydroxylation is 2. The second-order valence-corrected chi connectivity index (χ2v) is 6.44. The van der Waals surface area contributed by atoms with Crippen molar-refractivity contribution in [2.75, 3.05) is 26.0 Å². The number of hydrogen-bond acceptors (Lipinski definition) is 6. The Morgan fingerprint density at radius 3 is 2.69 bits per heavy atom. The Kier molecular flexibility index (Phi) is 5.58.